The van der Waals surface area contributed by atoms with Gasteiger partial charge in [0.2, 0.25) is 12.2 Å². The van der Waals surface area contributed by atoms with Gasteiger partial charge in [-0.25, -0.2) is 4.79 Å². The lowest BCUT2D eigenvalue weighted by atomic mass is 9.95. The molecule has 0 spiro atoms. The Morgan fingerprint density at radius 2 is 1.75 bits per heavy atom. The molecule has 2 saturated heterocycles. The Balaban J connectivity index is 1.56. The van der Waals surface area contributed by atoms with Crippen molar-refractivity contribution in [1.29, 1.82) is 0 Å². The largest absolute Gasteiger partial charge is 0.493 e. The van der Waals surface area contributed by atoms with Crippen LogP contribution in [0.2, 0.25) is 0 Å². The van der Waals surface area contributed by atoms with Crippen LogP contribution in [0.4, 0.5) is 0 Å². The van der Waals surface area contributed by atoms with E-state index in [-0.39, 0.29) is 17.9 Å². The minimum atomic E-state index is -1.21. The van der Waals surface area contributed by atoms with E-state index < -0.39 is 48.8 Å². The SMILES string of the molecule is COC(=O)c1ccccc1OC1OC2COC(c3ccc(OC)c(OC)c3)OC2C(O)C1NC(C)=O. The zero-order chi connectivity index (χ0) is 25.8. The summed E-state index contributed by atoms with van der Waals surface area (Å²) in [6.07, 6.45) is -4.73. The van der Waals surface area contributed by atoms with Gasteiger partial charge in [0.05, 0.1) is 27.9 Å². The van der Waals surface area contributed by atoms with Crippen LogP contribution in [0.15, 0.2) is 42.5 Å². The van der Waals surface area contributed by atoms with Crippen molar-refractivity contribution < 1.29 is 47.9 Å². The maximum Gasteiger partial charge on any atom is 0.341 e. The molecule has 2 aromatic carbocycles. The highest BCUT2D eigenvalue weighted by atomic mass is 16.7. The first-order valence-corrected chi connectivity index (χ1v) is 11.3. The molecule has 2 aliphatic heterocycles. The number of esters is 1. The Labute approximate surface area is 208 Å². The van der Waals surface area contributed by atoms with E-state index in [1.165, 1.54) is 34.3 Å². The Morgan fingerprint density at radius 1 is 1.00 bits per heavy atom. The van der Waals surface area contributed by atoms with Crippen LogP contribution in [0.25, 0.3) is 0 Å². The summed E-state index contributed by atoms with van der Waals surface area (Å²) in [6.45, 7) is 1.39. The number of methoxy groups -OCH3 is 3. The number of fused-ring (bicyclic) bond motifs is 1. The number of carbonyl (C=O) groups is 2. The Kier molecular flexibility index (Phi) is 7.94. The molecule has 2 heterocycles. The number of rotatable bonds is 7. The van der Waals surface area contributed by atoms with Crippen molar-refractivity contribution in [2.45, 2.75) is 43.9 Å². The van der Waals surface area contributed by atoms with E-state index in [4.69, 9.17) is 33.2 Å². The number of carbonyl (C=O) groups excluding carboxylic acids is 2. The number of aliphatic hydroxyl groups excluding tert-OH is 1. The molecule has 2 fully saturated rings. The molecular formula is C25H29NO10. The Bertz CT molecular complexity index is 1090. The van der Waals surface area contributed by atoms with Crippen LogP contribution in [0, 0.1) is 0 Å². The fourth-order valence-electron chi connectivity index (χ4n) is 4.22. The number of ether oxygens (including phenoxy) is 7. The summed E-state index contributed by atoms with van der Waals surface area (Å²) in [4.78, 5) is 24.1. The highest BCUT2D eigenvalue weighted by Gasteiger charge is 2.51. The van der Waals surface area contributed by atoms with E-state index >= 15 is 0 Å². The quantitative estimate of drug-likeness (QED) is 0.537. The number of nitrogens with one attached hydrogen (secondary N) is 1. The van der Waals surface area contributed by atoms with E-state index in [9.17, 15) is 14.7 Å². The third kappa shape index (κ3) is 5.24. The smallest absolute Gasteiger partial charge is 0.341 e. The zero-order valence-corrected chi connectivity index (χ0v) is 20.3. The molecule has 1 amide bonds. The number of benzene rings is 2. The van der Waals surface area contributed by atoms with Crippen molar-refractivity contribution in [1.82, 2.24) is 5.32 Å². The molecule has 2 aromatic rings. The van der Waals surface area contributed by atoms with Crippen LogP contribution < -0.4 is 19.5 Å². The molecule has 36 heavy (non-hydrogen) atoms. The Morgan fingerprint density at radius 3 is 2.44 bits per heavy atom. The summed E-state index contributed by atoms with van der Waals surface area (Å²) in [6, 6.07) is 10.7. The van der Waals surface area contributed by atoms with Crippen LogP contribution in [0.3, 0.4) is 0 Å². The normalized spacial score (nSPS) is 27.4. The summed E-state index contributed by atoms with van der Waals surface area (Å²) in [5.41, 5.74) is 0.825. The number of aliphatic hydroxyl groups is 1. The summed E-state index contributed by atoms with van der Waals surface area (Å²) < 4.78 is 39.4. The molecule has 2 N–H and O–H groups in total. The van der Waals surface area contributed by atoms with Gasteiger partial charge in [0.15, 0.2) is 17.8 Å². The minimum absolute atomic E-state index is 0.0754. The fraction of sp³-hybridized carbons (Fsp3) is 0.440. The van der Waals surface area contributed by atoms with Gasteiger partial charge in [0.1, 0.15) is 35.7 Å². The monoisotopic (exact) mass is 503 g/mol. The summed E-state index contributed by atoms with van der Waals surface area (Å²) in [5, 5.41) is 13.9. The van der Waals surface area contributed by atoms with Crippen LogP contribution in [-0.2, 0) is 23.7 Å². The van der Waals surface area contributed by atoms with Gasteiger partial charge in [0, 0.05) is 12.5 Å². The first-order chi connectivity index (χ1) is 17.4. The predicted molar refractivity (Wildman–Crippen MR) is 124 cm³/mol. The van der Waals surface area contributed by atoms with Crippen LogP contribution in [0.5, 0.6) is 17.2 Å². The number of hydrogen-bond donors (Lipinski definition) is 2. The van der Waals surface area contributed by atoms with Crippen LogP contribution in [0.1, 0.15) is 29.1 Å². The molecule has 0 saturated carbocycles. The van der Waals surface area contributed by atoms with Gasteiger partial charge in [-0.1, -0.05) is 18.2 Å². The van der Waals surface area contributed by atoms with Crippen molar-refractivity contribution in [3.8, 4) is 17.2 Å². The lowest BCUT2D eigenvalue weighted by molar-refractivity contribution is -0.333. The highest BCUT2D eigenvalue weighted by molar-refractivity contribution is 5.92. The second kappa shape index (κ2) is 11.1. The minimum Gasteiger partial charge on any atom is -0.493 e. The second-order valence-corrected chi connectivity index (χ2v) is 8.25. The average Bonchev–Trinajstić information content (AvgIpc) is 2.90. The van der Waals surface area contributed by atoms with Crippen molar-refractivity contribution in [2.24, 2.45) is 0 Å². The molecule has 0 bridgehead atoms. The molecule has 0 radical (unpaired) electrons. The number of para-hydroxylation sites is 1. The first-order valence-electron chi connectivity index (χ1n) is 11.3. The number of hydrogen-bond acceptors (Lipinski definition) is 10. The lowest BCUT2D eigenvalue weighted by Gasteiger charge is -2.47. The third-order valence-electron chi connectivity index (χ3n) is 5.95. The van der Waals surface area contributed by atoms with Gasteiger partial charge in [-0.2, -0.15) is 0 Å². The fourth-order valence-corrected chi connectivity index (χ4v) is 4.22. The average molecular weight is 504 g/mol. The lowest BCUT2D eigenvalue weighted by Crippen LogP contribution is -2.67. The van der Waals surface area contributed by atoms with E-state index in [0.717, 1.165) is 0 Å². The van der Waals surface area contributed by atoms with Crippen LogP contribution in [-0.4, -0.2) is 75.6 Å². The standard InChI is InChI=1S/C25H29NO10/c1-13(27)26-20-21(28)22-19(35-25(20)34-16-8-6-5-7-15(16)23(29)32-4)12-33-24(36-22)14-9-10-17(30-2)18(11-14)31-3/h5-11,19-22,24-25,28H,12H2,1-4H3,(H,26,27). The third-order valence-corrected chi connectivity index (χ3v) is 5.95. The molecule has 0 aliphatic carbocycles. The maximum absolute atomic E-state index is 12.2. The summed E-state index contributed by atoms with van der Waals surface area (Å²) in [7, 11) is 4.32. The van der Waals surface area contributed by atoms with Gasteiger partial charge in [-0.15, -0.1) is 0 Å². The molecule has 11 nitrogen and oxygen atoms in total. The molecule has 4 rings (SSSR count). The second-order valence-electron chi connectivity index (χ2n) is 8.25. The Hall–Kier alpha value is -3.38. The van der Waals surface area contributed by atoms with Gasteiger partial charge >= 0.3 is 5.97 Å². The van der Waals surface area contributed by atoms with E-state index in [1.807, 2.05) is 0 Å². The molecule has 0 aromatic heterocycles. The molecule has 194 valence electrons. The molecule has 11 heteroatoms. The van der Waals surface area contributed by atoms with Crippen molar-refractivity contribution in [3.05, 3.63) is 53.6 Å². The van der Waals surface area contributed by atoms with E-state index in [1.54, 1.807) is 36.4 Å². The molecule has 6 unspecified atom stereocenters. The molecular weight excluding hydrogens is 474 g/mol. The summed E-state index contributed by atoms with van der Waals surface area (Å²) in [5.74, 6) is 0.223. The van der Waals surface area contributed by atoms with Gasteiger partial charge in [-0.05, 0) is 24.3 Å². The van der Waals surface area contributed by atoms with Crippen molar-refractivity contribution in [2.75, 3.05) is 27.9 Å². The predicted octanol–water partition coefficient (Wildman–Crippen LogP) is 1.57. The molecule has 6 atom stereocenters. The topological polar surface area (TPSA) is 131 Å². The maximum atomic E-state index is 12.2. The summed E-state index contributed by atoms with van der Waals surface area (Å²) >= 11 is 0. The van der Waals surface area contributed by atoms with E-state index in [0.29, 0.717) is 17.1 Å². The van der Waals surface area contributed by atoms with E-state index in [2.05, 4.69) is 5.32 Å². The van der Waals surface area contributed by atoms with Crippen LogP contribution >= 0.6 is 0 Å². The van der Waals surface area contributed by atoms with Gasteiger partial charge in [0.25, 0.3) is 0 Å². The van der Waals surface area contributed by atoms with Crippen molar-refractivity contribution in [3.63, 3.8) is 0 Å². The zero-order valence-electron chi connectivity index (χ0n) is 20.3. The van der Waals surface area contributed by atoms with Gasteiger partial charge in [-0.3, -0.25) is 4.79 Å². The number of amides is 1. The molecule has 2 aliphatic rings. The highest BCUT2D eigenvalue weighted by Crippen LogP contribution is 2.38. The first kappa shape index (κ1) is 25.7. The van der Waals surface area contributed by atoms with Gasteiger partial charge < -0.3 is 43.6 Å². The van der Waals surface area contributed by atoms with Crippen molar-refractivity contribution >= 4 is 11.9 Å².